The lowest BCUT2D eigenvalue weighted by Crippen LogP contribution is -1.97. The highest BCUT2D eigenvalue weighted by molar-refractivity contribution is 5.82. The van der Waals surface area contributed by atoms with Crippen molar-refractivity contribution in [1.29, 1.82) is 0 Å². The van der Waals surface area contributed by atoms with Gasteiger partial charge in [-0.25, -0.2) is 9.03 Å². The molecule has 6 rings (SSSR count). The summed E-state index contributed by atoms with van der Waals surface area (Å²) in [6, 6.07) is 24.4. The molecule has 0 aliphatic heterocycles. The Bertz CT molecular complexity index is 1500. The third-order valence-electron chi connectivity index (χ3n) is 5.38. The number of carboxylic acid groups (broad SMARTS) is 2. The van der Waals surface area contributed by atoms with Crippen LogP contribution in [0.25, 0.3) is 32.8 Å². The molecular formula is C26H24N6O4. The van der Waals surface area contributed by atoms with E-state index in [1.54, 1.807) is 12.4 Å². The van der Waals surface area contributed by atoms with Crippen LogP contribution in [0.5, 0.6) is 0 Å². The number of carboxylic acids is 2. The predicted octanol–water partition coefficient (Wildman–Crippen LogP) is 4.48. The molecule has 2 aromatic carbocycles. The van der Waals surface area contributed by atoms with Gasteiger partial charge in [-0.1, -0.05) is 59.0 Å². The SMILES string of the molecule is O=C(O)CCCCC(=O)O.c1ccc2c(c1)ccc1cnnn12.c1ccc2c(c1)ccc1cnnn12. The smallest absolute Gasteiger partial charge is 0.303 e. The van der Waals surface area contributed by atoms with Crippen LogP contribution < -0.4 is 0 Å². The number of hydrogen-bond donors (Lipinski definition) is 2. The molecule has 0 aliphatic carbocycles. The van der Waals surface area contributed by atoms with Crippen LogP contribution in [-0.2, 0) is 9.59 Å². The number of aromatic nitrogens is 6. The first kappa shape index (κ1) is 24.3. The number of hydrogen-bond acceptors (Lipinski definition) is 6. The maximum atomic E-state index is 9.90. The fraction of sp³-hybridized carbons (Fsp3) is 0.154. The largest absolute Gasteiger partial charge is 0.481 e. The summed E-state index contributed by atoms with van der Waals surface area (Å²) in [6.07, 6.45) is 4.53. The van der Waals surface area contributed by atoms with Gasteiger partial charge in [-0.2, -0.15) is 0 Å². The summed E-state index contributed by atoms with van der Waals surface area (Å²) in [4.78, 5) is 19.8. The van der Waals surface area contributed by atoms with Crippen LogP contribution in [0.1, 0.15) is 25.7 Å². The zero-order valence-electron chi connectivity index (χ0n) is 19.3. The van der Waals surface area contributed by atoms with Crippen molar-refractivity contribution in [3.8, 4) is 0 Å². The summed E-state index contributed by atoms with van der Waals surface area (Å²) in [5, 5.41) is 34.4. The molecule has 0 saturated carbocycles. The van der Waals surface area contributed by atoms with Crippen LogP contribution in [0.3, 0.4) is 0 Å². The molecule has 182 valence electrons. The molecule has 0 saturated heterocycles. The highest BCUT2D eigenvalue weighted by atomic mass is 16.4. The number of unbranched alkanes of at least 4 members (excludes halogenated alkanes) is 1. The second-order valence-corrected chi connectivity index (χ2v) is 7.92. The normalized spacial score (nSPS) is 10.6. The van der Waals surface area contributed by atoms with Crippen molar-refractivity contribution in [3.05, 3.63) is 85.2 Å². The van der Waals surface area contributed by atoms with Crippen molar-refractivity contribution in [1.82, 2.24) is 29.7 Å². The zero-order chi connectivity index (χ0) is 25.3. The Morgan fingerprint density at radius 1 is 0.611 bits per heavy atom. The molecule has 2 N–H and O–H groups in total. The first-order valence-electron chi connectivity index (χ1n) is 11.3. The third-order valence-corrected chi connectivity index (χ3v) is 5.38. The van der Waals surface area contributed by atoms with Crippen LogP contribution in [0.15, 0.2) is 85.2 Å². The minimum Gasteiger partial charge on any atom is -0.481 e. The van der Waals surface area contributed by atoms with Gasteiger partial charge in [-0.3, -0.25) is 9.59 Å². The monoisotopic (exact) mass is 484 g/mol. The molecule has 0 aliphatic rings. The fourth-order valence-corrected chi connectivity index (χ4v) is 3.63. The quantitative estimate of drug-likeness (QED) is 0.342. The van der Waals surface area contributed by atoms with Gasteiger partial charge in [0, 0.05) is 23.6 Å². The summed E-state index contributed by atoms with van der Waals surface area (Å²) < 4.78 is 3.69. The Balaban J connectivity index is 0.000000129. The average molecular weight is 485 g/mol. The van der Waals surface area contributed by atoms with E-state index in [4.69, 9.17) is 10.2 Å². The van der Waals surface area contributed by atoms with Crippen LogP contribution in [0, 0.1) is 0 Å². The van der Waals surface area contributed by atoms with Gasteiger partial charge >= 0.3 is 11.9 Å². The van der Waals surface area contributed by atoms with E-state index in [9.17, 15) is 9.59 Å². The number of benzene rings is 2. The Hall–Kier alpha value is -4.86. The molecule has 0 unspecified atom stereocenters. The summed E-state index contributed by atoms with van der Waals surface area (Å²) in [6.45, 7) is 0. The second kappa shape index (κ2) is 11.5. The molecule has 0 amide bonds. The Morgan fingerprint density at radius 2 is 1.03 bits per heavy atom. The minimum absolute atomic E-state index is 0.0628. The fourth-order valence-electron chi connectivity index (χ4n) is 3.63. The lowest BCUT2D eigenvalue weighted by molar-refractivity contribution is -0.139. The summed E-state index contributed by atoms with van der Waals surface area (Å²) in [5.41, 5.74) is 4.24. The molecular weight excluding hydrogens is 460 g/mol. The molecule has 0 atom stereocenters. The lowest BCUT2D eigenvalue weighted by Gasteiger charge is -1.98. The van der Waals surface area contributed by atoms with Crippen LogP contribution in [0.4, 0.5) is 0 Å². The highest BCUT2D eigenvalue weighted by Gasteiger charge is 2.00. The molecule has 10 nitrogen and oxygen atoms in total. The van der Waals surface area contributed by atoms with E-state index in [0.29, 0.717) is 12.8 Å². The van der Waals surface area contributed by atoms with Gasteiger partial charge in [0.25, 0.3) is 0 Å². The van der Waals surface area contributed by atoms with E-state index in [0.717, 1.165) is 22.1 Å². The van der Waals surface area contributed by atoms with E-state index in [-0.39, 0.29) is 12.8 Å². The van der Waals surface area contributed by atoms with Crippen molar-refractivity contribution in [2.24, 2.45) is 0 Å². The van der Waals surface area contributed by atoms with Crippen molar-refractivity contribution < 1.29 is 19.8 Å². The molecule has 0 fully saturated rings. The molecule has 0 bridgehead atoms. The van der Waals surface area contributed by atoms with E-state index in [2.05, 4.69) is 44.9 Å². The van der Waals surface area contributed by atoms with E-state index < -0.39 is 11.9 Å². The van der Waals surface area contributed by atoms with Gasteiger partial charge in [-0.15, -0.1) is 10.2 Å². The standard InChI is InChI=1S/2C10H7N3.C6H10O4/c2*1-2-4-10-8(3-1)5-6-9-7-11-12-13(9)10;7-5(8)3-1-2-4-6(9)10/h2*1-7H;1-4H2,(H,7,8)(H,9,10). The van der Waals surface area contributed by atoms with Gasteiger partial charge in [0.05, 0.1) is 34.5 Å². The maximum Gasteiger partial charge on any atom is 0.303 e. The zero-order valence-corrected chi connectivity index (χ0v) is 19.3. The third kappa shape index (κ3) is 5.98. The Kier molecular flexibility index (Phi) is 7.76. The molecule has 6 aromatic rings. The molecule has 4 heterocycles. The number of rotatable bonds is 5. The first-order chi connectivity index (χ1) is 17.5. The molecule has 36 heavy (non-hydrogen) atoms. The van der Waals surface area contributed by atoms with Crippen LogP contribution >= 0.6 is 0 Å². The lowest BCUT2D eigenvalue weighted by atomic mass is 10.2. The van der Waals surface area contributed by atoms with Crippen molar-refractivity contribution in [3.63, 3.8) is 0 Å². The van der Waals surface area contributed by atoms with E-state index >= 15 is 0 Å². The van der Waals surface area contributed by atoms with Crippen molar-refractivity contribution >= 4 is 44.8 Å². The summed E-state index contributed by atoms with van der Waals surface area (Å²) in [5.74, 6) is -1.74. The Labute approximate surface area is 205 Å². The van der Waals surface area contributed by atoms with Crippen molar-refractivity contribution in [2.45, 2.75) is 25.7 Å². The van der Waals surface area contributed by atoms with Gasteiger partial charge in [0.15, 0.2) is 0 Å². The second-order valence-electron chi connectivity index (χ2n) is 7.92. The van der Waals surface area contributed by atoms with Gasteiger partial charge in [-0.05, 0) is 37.1 Å². The molecule has 0 spiro atoms. The minimum atomic E-state index is -0.870. The molecule has 0 radical (unpaired) electrons. The molecule has 10 heteroatoms. The van der Waals surface area contributed by atoms with E-state index in [1.807, 2.05) is 57.6 Å². The number of para-hydroxylation sites is 2. The van der Waals surface area contributed by atoms with Crippen molar-refractivity contribution in [2.75, 3.05) is 0 Å². The van der Waals surface area contributed by atoms with Gasteiger partial charge in [0.2, 0.25) is 0 Å². The number of fused-ring (bicyclic) bond motifs is 6. The first-order valence-corrected chi connectivity index (χ1v) is 11.3. The number of pyridine rings is 2. The van der Waals surface area contributed by atoms with Gasteiger partial charge in [0.1, 0.15) is 0 Å². The predicted molar refractivity (Wildman–Crippen MR) is 135 cm³/mol. The average Bonchev–Trinajstić information content (AvgIpc) is 3.57. The number of nitrogens with zero attached hydrogens (tertiary/aromatic N) is 6. The van der Waals surface area contributed by atoms with E-state index in [1.165, 1.54) is 10.8 Å². The summed E-state index contributed by atoms with van der Waals surface area (Å²) in [7, 11) is 0. The Morgan fingerprint density at radius 3 is 1.44 bits per heavy atom. The van der Waals surface area contributed by atoms with Crippen LogP contribution in [0.2, 0.25) is 0 Å². The highest BCUT2D eigenvalue weighted by Crippen LogP contribution is 2.15. The van der Waals surface area contributed by atoms with Gasteiger partial charge < -0.3 is 10.2 Å². The topological polar surface area (TPSA) is 135 Å². The number of carbonyl (C=O) groups is 2. The molecule has 4 aromatic heterocycles. The van der Waals surface area contributed by atoms with Crippen LogP contribution in [-0.4, -0.2) is 51.8 Å². The number of aliphatic carboxylic acids is 2. The summed E-state index contributed by atoms with van der Waals surface area (Å²) >= 11 is 0. The maximum absolute atomic E-state index is 9.90.